The monoisotopic (exact) mass is 286 g/mol. The lowest BCUT2D eigenvalue weighted by molar-refractivity contribution is 0.0682. The van der Waals surface area contributed by atoms with Crippen LogP contribution < -0.4 is 5.73 Å². The molecule has 1 fully saturated rings. The number of nitrogens with two attached hydrogens (primary N) is 1. The van der Waals surface area contributed by atoms with Crippen LogP contribution in [0.3, 0.4) is 0 Å². The molecule has 6 nitrogen and oxygen atoms in total. The number of ether oxygens (including phenoxy) is 1. The third-order valence-corrected chi connectivity index (χ3v) is 3.89. The summed E-state index contributed by atoms with van der Waals surface area (Å²) in [6, 6.07) is 0.0583. The summed E-state index contributed by atoms with van der Waals surface area (Å²) < 4.78 is 5.60. The molecule has 0 bridgehead atoms. The van der Waals surface area contributed by atoms with E-state index in [9.17, 15) is 0 Å². The highest BCUT2D eigenvalue weighted by atomic mass is 16.5. The number of piperazine rings is 1. The molecule has 6 heteroatoms. The predicted octanol–water partition coefficient (Wildman–Crippen LogP) is 0.946. The van der Waals surface area contributed by atoms with E-state index in [2.05, 4.69) is 28.8 Å². The molecule has 0 saturated carbocycles. The van der Waals surface area contributed by atoms with Crippen LogP contribution in [0.1, 0.15) is 33.1 Å². The molecule has 1 heterocycles. The SMILES string of the molecule is CCCCOCCN1CCN(C(CC)C(N)=NO)CC1. The first-order valence-electron chi connectivity index (χ1n) is 7.74. The van der Waals surface area contributed by atoms with Gasteiger partial charge in [0.2, 0.25) is 0 Å². The van der Waals surface area contributed by atoms with Crippen molar-refractivity contribution in [1.29, 1.82) is 0 Å². The Hall–Kier alpha value is -0.850. The summed E-state index contributed by atoms with van der Waals surface area (Å²) in [5.41, 5.74) is 5.74. The topological polar surface area (TPSA) is 74.3 Å². The van der Waals surface area contributed by atoms with E-state index in [0.717, 1.165) is 58.8 Å². The van der Waals surface area contributed by atoms with Crippen molar-refractivity contribution in [1.82, 2.24) is 9.80 Å². The number of oxime groups is 1. The lowest BCUT2D eigenvalue weighted by Gasteiger charge is -2.38. The molecule has 1 unspecified atom stereocenters. The molecule has 0 aliphatic carbocycles. The summed E-state index contributed by atoms with van der Waals surface area (Å²) in [4.78, 5) is 4.71. The summed E-state index contributed by atoms with van der Waals surface area (Å²) in [6.45, 7) is 10.9. The molecule has 20 heavy (non-hydrogen) atoms. The van der Waals surface area contributed by atoms with Gasteiger partial charge in [-0.1, -0.05) is 25.4 Å². The average Bonchev–Trinajstić information content (AvgIpc) is 2.49. The minimum absolute atomic E-state index is 0.0583. The molecule has 3 N–H and O–H groups in total. The molecule has 0 radical (unpaired) electrons. The van der Waals surface area contributed by atoms with E-state index in [1.807, 2.05) is 0 Å². The Morgan fingerprint density at radius 1 is 1.25 bits per heavy atom. The van der Waals surface area contributed by atoms with Crippen molar-refractivity contribution in [3.8, 4) is 0 Å². The van der Waals surface area contributed by atoms with E-state index in [4.69, 9.17) is 15.7 Å². The van der Waals surface area contributed by atoms with Crippen molar-refractivity contribution in [2.45, 2.75) is 39.2 Å². The van der Waals surface area contributed by atoms with E-state index in [-0.39, 0.29) is 6.04 Å². The minimum atomic E-state index is 0.0583. The second-order valence-electron chi connectivity index (χ2n) is 5.29. The molecular weight excluding hydrogens is 256 g/mol. The van der Waals surface area contributed by atoms with Gasteiger partial charge < -0.3 is 15.7 Å². The highest BCUT2D eigenvalue weighted by Gasteiger charge is 2.25. The first-order valence-corrected chi connectivity index (χ1v) is 7.74. The second-order valence-corrected chi connectivity index (χ2v) is 5.29. The molecule has 0 aromatic carbocycles. The summed E-state index contributed by atoms with van der Waals surface area (Å²) in [6.07, 6.45) is 3.20. The van der Waals surface area contributed by atoms with Crippen LogP contribution in [0.15, 0.2) is 5.16 Å². The Labute approximate surface area is 122 Å². The van der Waals surface area contributed by atoms with Gasteiger partial charge in [0.25, 0.3) is 0 Å². The molecule has 0 aromatic heterocycles. The van der Waals surface area contributed by atoms with Crippen LogP contribution in [0, 0.1) is 0 Å². The molecule has 1 aliphatic rings. The molecule has 0 amide bonds. The summed E-state index contributed by atoms with van der Waals surface area (Å²) in [7, 11) is 0. The number of nitrogens with zero attached hydrogens (tertiary/aromatic N) is 3. The van der Waals surface area contributed by atoms with Gasteiger partial charge in [-0.05, 0) is 12.8 Å². The molecule has 1 saturated heterocycles. The zero-order valence-corrected chi connectivity index (χ0v) is 12.9. The van der Waals surface area contributed by atoms with Crippen molar-refractivity contribution in [2.75, 3.05) is 45.9 Å². The number of amidine groups is 1. The number of hydrogen-bond acceptors (Lipinski definition) is 5. The van der Waals surface area contributed by atoms with Crippen LogP contribution in [0.4, 0.5) is 0 Å². The normalized spacial score (nSPS) is 20.2. The first kappa shape index (κ1) is 17.2. The van der Waals surface area contributed by atoms with E-state index in [0.29, 0.717) is 5.84 Å². The van der Waals surface area contributed by atoms with Crippen LogP contribution >= 0.6 is 0 Å². The van der Waals surface area contributed by atoms with Gasteiger partial charge in [-0.3, -0.25) is 9.80 Å². The third-order valence-electron chi connectivity index (χ3n) is 3.89. The highest BCUT2D eigenvalue weighted by Crippen LogP contribution is 2.09. The Morgan fingerprint density at radius 3 is 2.50 bits per heavy atom. The van der Waals surface area contributed by atoms with Gasteiger partial charge in [-0.25, -0.2) is 0 Å². The lowest BCUT2D eigenvalue weighted by atomic mass is 10.1. The number of rotatable bonds is 9. The van der Waals surface area contributed by atoms with Crippen LogP contribution in [0.25, 0.3) is 0 Å². The minimum Gasteiger partial charge on any atom is -0.409 e. The lowest BCUT2D eigenvalue weighted by Crippen LogP contribution is -2.54. The maximum absolute atomic E-state index is 8.82. The second kappa shape index (κ2) is 9.96. The van der Waals surface area contributed by atoms with E-state index in [1.54, 1.807) is 0 Å². The average molecular weight is 286 g/mol. The van der Waals surface area contributed by atoms with E-state index >= 15 is 0 Å². The van der Waals surface area contributed by atoms with Crippen LogP contribution in [-0.2, 0) is 4.74 Å². The zero-order chi connectivity index (χ0) is 14.8. The molecule has 1 aliphatic heterocycles. The maximum Gasteiger partial charge on any atom is 0.156 e. The Morgan fingerprint density at radius 2 is 1.95 bits per heavy atom. The standard InChI is InChI=1S/C14H30N4O2/c1-3-5-11-20-12-10-17-6-8-18(9-7-17)13(4-2)14(15)16-19/h13,19H,3-12H2,1-2H3,(H2,15,16). The van der Waals surface area contributed by atoms with Gasteiger partial charge >= 0.3 is 0 Å². The molecular formula is C14H30N4O2. The molecule has 0 aromatic rings. The number of unbranched alkanes of at least 4 members (excludes halogenated alkanes) is 1. The van der Waals surface area contributed by atoms with Gasteiger partial charge in [-0.15, -0.1) is 0 Å². The van der Waals surface area contributed by atoms with Gasteiger partial charge in [0.15, 0.2) is 5.84 Å². The predicted molar refractivity (Wildman–Crippen MR) is 81.2 cm³/mol. The largest absolute Gasteiger partial charge is 0.409 e. The molecule has 0 spiro atoms. The Balaban J connectivity index is 2.22. The fraction of sp³-hybridized carbons (Fsp3) is 0.929. The molecule has 1 rings (SSSR count). The van der Waals surface area contributed by atoms with Crippen LogP contribution in [0.2, 0.25) is 0 Å². The quantitative estimate of drug-likeness (QED) is 0.217. The maximum atomic E-state index is 8.82. The number of hydrogen-bond donors (Lipinski definition) is 2. The Kier molecular flexibility index (Phi) is 8.57. The van der Waals surface area contributed by atoms with Crippen molar-refractivity contribution >= 4 is 5.84 Å². The van der Waals surface area contributed by atoms with Crippen LogP contribution in [0.5, 0.6) is 0 Å². The van der Waals surface area contributed by atoms with E-state index < -0.39 is 0 Å². The van der Waals surface area contributed by atoms with E-state index in [1.165, 1.54) is 6.42 Å². The summed E-state index contributed by atoms with van der Waals surface area (Å²) >= 11 is 0. The summed E-state index contributed by atoms with van der Waals surface area (Å²) in [5, 5.41) is 12.0. The van der Waals surface area contributed by atoms with Crippen molar-refractivity contribution in [2.24, 2.45) is 10.9 Å². The van der Waals surface area contributed by atoms with Crippen molar-refractivity contribution in [3.05, 3.63) is 0 Å². The Bertz CT molecular complexity index is 278. The highest BCUT2D eigenvalue weighted by molar-refractivity contribution is 5.85. The van der Waals surface area contributed by atoms with Gasteiger partial charge in [0, 0.05) is 39.3 Å². The summed E-state index contributed by atoms with van der Waals surface area (Å²) in [5.74, 6) is 0.323. The first-order chi connectivity index (χ1) is 9.72. The van der Waals surface area contributed by atoms with Gasteiger partial charge in [0.05, 0.1) is 12.6 Å². The van der Waals surface area contributed by atoms with Crippen molar-refractivity contribution < 1.29 is 9.94 Å². The molecule has 118 valence electrons. The zero-order valence-electron chi connectivity index (χ0n) is 12.9. The third kappa shape index (κ3) is 5.64. The molecule has 1 atom stereocenters. The smallest absolute Gasteiger partial charge is 0.156 e. The van der Waals surface area contributed by atoms with Crippen LogP contribution in [-0.4, -0.2) is 72.8 Å². The van der Waals surface area contributed by atoms with Gasteiger partial charge in [-0.2, -0.15) is 0 Å². The fourth-order valence-corrected chi connectivity index (χ4v) is 2.56. The fourth-order valence-electron chi connectivity index (χ4n) is 2.56. The van der Waals surface area contributed by atoms with Crippen molar-refractivity contribution in [3.63, 3.8) is 0 Å². The van der Waals surface area contributed by atoms with Gasteiger partial charge in [0.1, 0.15) is 0 Å².